The second-order valence-electron chi connectivity index (χ2n) is 10.3. The third-order valence-corrected chi connectivity index (χ3v) is 10.1. The Morgan fingerprint density at radius 1 is 1.24 bits per heavy atom. The Kier molecular flexibility index (Phi) is 8.23. The standard InChI is InChI=1S/C26H41N3O4S/c1-8-13-27(7)23(31)20-19-11-12-26(34-19)21(20)24(32)29(18(15-30)17(6)10-3)22(26)25(33)28(14-9-2)16(4)5/h8-9,16-22,30H,1-2,10-15H2,3-7H3/t17-,18-,19-,20+,21-,22?,26?/m0/s1. The van der Waals surface area contributed by atoms with Crippen molar-refractivity contribution < 1.29 is 19.5 Å². The van der Waals surface area contributed by atoms with Crippen molar-refractivity contribution in [1.82, 2.24) is 14.7 Å². The van der Waals surface area contributed by atoms with Gasteiger partial charge in [-0.1, -0.05) is 32.4 Å². The lowest BCUT2D eigenvalue weighted by molar-refractivity contribution is -0.148. The number of carbonyl (C=O) groups excluding carboxylic acids is 3. The van der Waals surface area contributed by atoms with Crippen molar-refractivity contribution in [2.75, 3.05) is 26.7 Å². The van der Waals surface area contributed by atoms with E-state index in [-0.39, 0.29) is 41.5 Å². The van der Waals surface area contributed by atoms with Gasteiger partial charge in [0.05, 0.1) is 29.2 Å². The molecule has 8 heteroatoms. The van der Waals surface area contributed by atoms with Crippen molar-refractivity contribution in [2.24, 2.45) is 17.8 Å². The summed E-state index contributed by atoms with van der Waals surface area (Å²) in [7, 11) is 1.74. The molecule has 2 bridgehead atoms. The lowest BCUT2D eigenvalue weighted by atomic mass is 9.70. The van der Waals surface area contributed by atoms with Gasteiger partial charge in [-0.25, -0.2) is 0 Å². The summed E-state index contributed by atoms with van der Waals surface area (Å²) in [5.74, 6) is -1.30. The van der Waals surface area contributed by atoms with E-state index in [1.165, 1.54) is 0 Å². The zero-order chi connectivity index (χ0) is 25.4. The van der Waals surface area contributed by atoms with Gasteiger partial charge in [-0.05, 0) is 32.6 Å². The summed E-state index contributed by atoms with van der Waals surface area (Å²) >= 11 is 1.67. The number of likely N-dealkylation sites (tertiary alicyclic amines) is 1. The summed E-state index contributed by atoms with van der Waals surface area (Å²) < 4.78 is -0.649. The van der Waals surface area contributed by atoms with Gasteiger partial charge in [0.2, 0.25) is 17.7 Å². The largest absolute Gasteiger partial charge is 0.394 e. The van der Waals surface area contributed by atoms with Crippen LogP contribution in [0.15, 0.2) is 25.3 Å². The zero-order valence-corrected chi connectivity index (χ0v) is 22.1. The van der Waals surface area contributed by atoms with E-state index in [1.54, 1.807) is 45.7 Å². The molecule has 3 aliphatic heterocycles. The lowest BCUT2D eigenvalue weighted by Gasteiger charge is -2.42. The minimum atomic E-state index is -0.698. The molecule has 1 spiro atoms. The smallest absolute Gasteiger partial charge is 0.247 e. The van der Waals surface area contributed by atoms with E-state index >= 15 is 0 Å². The molecule has 34 heavy (non-hydrogen) atoms. The number of carbonyl (C=O) groups is 3. The minimum Gasteiger partial charge on any atom is -0.394 e. The molecule has 3 amide bonds. The van der Waals surface area contributed by atoms with Gasteiger partial charge in [0.1, 0.15) is 6.04 Å². The van der Waals surface area contributed by atoms with Gasteiger partial charge in [0.15, 0.2) is 0 Å². The Labute approximate surface area is 208 Å². The maximum absolute atomic E-state index is 14.2. The summed E-state index contributed by atoms with van der Waals surface area (Å²) in [4.78, 5) is 46.9. The number of fused-ring (bicyclic) bond motifs is 1. The summed E-state index contributed by atoms with van der Waals surface area (Å²) in [5.41, 5.74) is 0. The molecule has 7 nitrogen and oxygen atoms in total. The predicted molar refractivity (Wildman–Crippen MR) is 136 cm³/mol. The SMILES string of the molecule is C=CCN(C)C(=O)[C@@H]1[C@@H]2CCC3(S2)C(C(=O)N(CC=C)C(C)C)N([C@@H](CO)[C@@H](C)CC)C(=O)[C@H]13. The maximum atomic E-state index is 14.2. The van der Waals surface area contributed by atoms with E-state index in [2.05, 4.69) is 13.2 Å². The zero-order valence-electron chi connectivity index (χ0n) is 21.3. The molecule has 2 unspecified atom stereocenters. The van der Waals surface area contributed by atoms with Crippen LogP contribution in [0.5, 0.6) is 0 Å². The number of aliphatic hydroxyl groups excluding tert-OH is 1. The Morgan fingerprint density at radius 2 is 1.88 bits per heavy atom. The van der Waals surface area contributed by atoms with Crippen molar-refractivity contribution in [3.05, 3.63) is 25.3 Å². The summed E-state index contributed by atoms with van der Waals surface area (Å²) in [6.45, 7) is 16.1. The molecular formula is C26H41N3O4S. The molecule has 7 atom stereocenters. The van der Waals surface area contributed by atoms with Crippen molar-refractivity contribution in [1.29, 1.82) is 0 Å². The summed E-state index contributed by atoms with van der Waals surface area (Å²) in [6, 6.07) is -1.23. The molecule has 1 N–H and O–H groups in total. The fraction of sp³-hybridized carbons (Fsp3) is 0.731. The number of thioether (sulfide) groups is 1. The van der Waals surface area contributed by atoms with Crippen LogP contribution < -0.4 is 0 Å². The average molecular weight is 492 g/mol. The minimum absolute atomic E-state index is 0.0196. The monoisotopic (exact) mass is 491 g/mol. The van der Waals surface area contributed by atoms with E-state index in [1.807, 2.05) is 27.7 Å². The molecule has 3 fully saturated rings. The van der Waals surface area contributed by atoms with Crippen LogP contribution in [0.4, 0.5) is 0 Å². The summed E-state index contributed by atoms with van der Waals surface area (Å²) in [5, 5.41) is 10.4. The second kappa shape index (κ2) is 10.4. The first-order valence-electron chi connectivity index (χ1n) is 12.5. The van der Waals surface area contributed by atoms with Gasteiger partial charge in [-0.15, -0.1) is 24.9 Å². The van der Waals surface area contributed by atoms with Crippen molar-refractivity contribution >= 4 is 29.5 Å². The lowest BCUT2D eigenvalue weighted by Crippen LogP contribution is -2.59. The first-order chi connectivity index (χ1) is 16.1. The molecule has 190 valence electrons. The molecule has 3 rings (SSSR count). The maximum Gasteiger partial charge on any atom is 0.247 e. The fourth-order valence-electron chi connectivity index (χ4n) is 6.21. The van der Waals surface area contributed by atoms with Crippen LogP contribution in [0.1, 0.15) is 47.0 Å². The first-order valence-corrected chi connectivity index (χ1v) is 13.4. The van der Waals surface area contributed by atoms with Gasteiger partial charge < -0.3 is 19.8 Å². The number of hydrogen-bond acceptors (Lipinski definition) is 5. The molecule has 3 aliphatic rings. The molecule has 0 saturated carbocycles. The molecule has 0 aromatic rings. The molecule has 0 aromatic heterocycles. The highest BCUT2D eigenvalue weighted by Gasteiger charge is 2.74. The van der Waals surface area contributed by atoms with Gasteiger partial charge >= 0.3 is 0 Å². The quantitative estimate of drug-likeness (QED) is 0.449. The van der Waals surface area contributed by atoms with E-state index in [4.69, 9.17) is 0 Å². The Balaban J connectivity index is 2.12. The predicted octanol–water partition coefficient (Wildman–Crippen LogP) is 2.55. The highest BCUT2D eigenvalue weighted by Crippen LogP contribution is 2.67. The van der Waals surface area contributed by atoms with Crippen LogP contribution in [0.2, 0.25) is 0 Å². The van der Waals surface area contributed by atoms with E-state index in [0.717, 1.165) is 19.3 Å². The number of amides is 3. The third-order valence-electron chi connectivity index (χ3n) is 8.11. The third kappa shape index (κ3) is 4.11. The van der Waals surface area contributed by atoms with Crippen LogP contribution in [0, 0.1) is 17.8 Å². The molecule has 3 heterocycles. The molecule has 0 aromatic carbocycles. The van der Waals surface area contributed by atoms with Gasteiger partial charge in [0, 0.05) is 31.4 Å². The van der Waals surface area contributed by atoms with Crippen molar-refractivity contribution in [2.45, 2.75) is 75.1 Å². The number of rotatable bonds is 11. The first kappa shape index (κ1) is 26.8. The van der Waals surface area contributed by atoms with Gasteiger partial charge in [-0.3, -0.25) is 14.4 Å². The van der Waals surface area contributed by atoms with Crippen molar-refractivity contribution in [3.8, 4) is 0 Å². The van der Waals surface area contributed by atoms with Gasteiger partial charge in [-0.2, -0.15) is 0 Å². The number of aliphatic hydroxyl groups is 1. The number of hydrogen-bond donors (Lipinski definition) is 1. The molecule has 3 saturated heterocycles. The summed E-state index contributed by atoms with van der Waals surface area (Å²) in [6.07, 6.45) is 5.69. The Morgan fingerprint density at radius 3 is 2.41 bits per heavy atom. The Hall–Kier alpha value is -1.80. The van der Waals surface area contributed by atoms with Crippen molar-refractivity contribution in [3.63, 3.8) is 0 Å². The average Bonchev–Trinajstić information content (AvgIpc) is 3.44. The fourth-order valence-corrected chi connectivity index (χ4v) is 8.41. The van der Waals surface area contributed by atoms with Crippen LogP contribution in [-0.4, -0.2) is 92.4 Å². The van der Waals surface area contributed by atoms with Crippen LogP contribution in [0.3, 0.4) is 0 Å². The van der Waals surface area contributed by atoms with Crippen LogP contribution >= 0.6 is 11.8 Å². The van der Waals surface area contributed by atoms with E-state index < -0.39 is 28.7 Å². The molecule has 0 aliphatic carbocycles. The topological polar surface area (TPSA) is 81.2 Å². The highest BCUT2D eigenvalue weighted by atomic mass is 32.2. The van der Waals surface area contributed by atoms with E-state index in [0.29, 0.717) is 13.1 Å². The second-order valence-corrected chi connectivity index (χ2v) is 11.9. The highest BCUT2D eigenvalue weighted by molar-refractivity contribution is 8.02. The van der Waals surface area contributed by atoms with E-state index in [9.17, 15) is 19.5 Å². The molecule has 0 radical (unpaired) electrons. The Bertz CT molecular complexity index is 833. The van der Waals surface area contributed by atoms with Gasteiger partial charge in [0.25, 0.3) is 0 Å². The normalized spacial score (nSPS) is 31.4. The van der Waals surface area contributed by atoms with Crippen LogP contribution in [-0.2, 0) is 14.4 Å². The number of likely N-dealkylation sites (N-methyl/N-ethyl adjacent to an activating group) is 1. The number of nitrogens with zero attached hydrogens (tertiary/aromatic N) is 3. The van der Waals surface area contributed by atoms with Crippen LogP contribution in [0.25, 0.3) is 0 Å². The molecular weight excluding hydrogens is 450 g/mol.